The normalized spacial score (nSPS) is 15.8. The summed E-state index contributed by atoms with van der Waals surface area (Å²) in [5.74, 6) is -3.94. The largest absolute Gasteiger partial charge is 0.360 e. The minimum absolute atomic E-state index is 0.829. The molecule has 0 bridgehead atoms. The summed E-state index contributed by atoms with van der Waals surface area (Å²) in [7, 11) is -1.64. The molecule has 6 heteroatoms. The first kappa shape index (κ1) is 9.93. The third-order valence-electron chi connectivity index (χ3n) is 0.765. The molecule has 0 aromatic rings. The monoisotopic (exact) mass is 174 g/mol. The van der Waals surface area contributed by atoms with E-state index in [1.165, 1.54) is 0 Å². The van der Waals surface area contributed by atoms with E-state index in [0.717, 1.165) is 6.26 Å². The van der Waals surface area contributed by atoms with Crippen LogP contribution in [0.3, 0.4) is 0 Å². The van der Waals surface area contributed by atoms with Crippen LogP contribution in [-0.4, -0.2) is 38.6 Å². The Hall–Kier alpha value is -0.0700. The minimum Gasteiger partial charge on any atom is -0.360 e. The highest BCUT2D eigenvalue weighted by atomic mass is 32.2. The average Bonchev–Trinajstić information content (AvgIpc) is 1.60. The molecule has 0 saturated heterocycles. The van der Waals surface area contributed by atoms with Crippen molar-refractivity contribution in [2.24, 2.45) is 0 Å². The highest BCUT2D eigenvalue weighted by Gasteiger charge is 2.36. The molecule has 62 valence electrons. The summed E-state index contributed by atoms with van der Waals surface area (Å²) in [5.41, 5.74) is 0. The van der Waals surface area contributed by atoms with Gasteiger partial charge in [0.2, 0.25) is 5.79 Å². The van der Waals surface area contributed by atoms with Crippen molar-refractivity contribution >= 4 is 10.8 Å². The van der Waals surface area contributed by atoms with Crippen LogP contribution in [-0.2, 0) is 10.8 Å². The van der Waals surface area contributed by atoms with Crippen molar-refractivity contribution in [3.05, 3.63) is 0 Å². The van der Waals surface area contributed by atoms with E-state index in [-0.39, 0.29) is 0 Å². The van der Waals surface area contributed by atoms with E-state index in [9.17, 15) is 13.0 Å². The second kappa shape index (κ2) is 3.36. The van der Waals surface area contributed by atoms with Gasteiger partial charge in [-0.25, -0.2) is 8.78 Å². The molecule has 0 aliphatic rings. The van der Waals surface area contributed by atoms with E-state index in [2.05, 4.69) is 0 Å². The number of rotatable bonds is 3. The lowest BCUT2D eigenvalue weighted by Gasteiger charge is -2.18. The summed E-state index contributed by atoms with van der Waals surface area (Å²) in [6.45, 7) is 0. The summed E-state index contributed by atoms with van der Waals surface area (Å²) < 4.78 is 33.3. The van der Waals surface area contributed by atoms with Crippen LogP contribution in [0.5, 0.6) is 0 Å². The number of hydrogen-bond donors (Lipinski definition) is 2. The molecule has 0 aliphatic heterocycles. The molecule has 1 atom stereocenters. The fraction of sp³-hybridized carbons (Fsp3) is 1.00. The Labute approximate surface area is 59.1 Å². The van der Waals surface area contributed by atoms with Crippen molar-refractivity contribution in [1.82, 2.24) is 0 Å². The summed E-state index contributed by atoms with van der Waals surface area (Å²) >= 11 is 0. The van der Waals surface area contributed by atoms with Crippen LogP contribution < -0.4 is 0 Å². The molecule has 0 aromatic carbocycles. The second-order valence-corrected chi connectivity index (χ2v) is 3.33. The zero-order valence-corrected chi connectivity index (χ0v) is 6.07. The topological polar surface area (TPSA) is 57.5 Å². The van der Waals surface area contributed by atoms with Crippen molar-refractivity contribution in [2.45, 2.75) is 12.2 Å². The number of halogens is 2. The fourth-order valence-corrected chi connectivity index (χ4v) is 1.09. The van der Waals surface area contributed by atoms with Crippen LogP contribution in [0, 0.1) is 0 Å². The van der Waals surface area contributed by atoms with Gasteiger partial charge in [0.15, 0.2) is 0 Å². The van der Waals surface area contributed by atoms with Gasteiger partial charge in [-0.3, -0.25) is 4.21 Å². The number of hydrogen-bond acceptors (Lipinski definition) is 3. The van der Waals surface area contributed by atoms with Gasteiger partial charge in [-0.2, -0.15) is 0 Å². The van der Waals surface area contributed by atoms with E-state index in [1.807, 2.05) is 0 Å². The van der Waals surface area contributed by atoms with Crippen molar-refractivity contribution in [2.75, 3.05) is 12.0 Å². The SMILES string of the molecule is CS(=O)CC(O)(O)C(F)F. The van der Waals surface area contributed by atoms with Crippen LogP contribution in [0.4, 0.5) is 8.78 Å². The third-order valence-corrected chi connectivity index (χ3v) is 1.60. The Morgan fingerprint density at radius 1 is 1.60 bits per heavy atom. The first-order chi connectivity index (χ1) is 4.36. The molecule has 1 unspecified atom stereocenters. The third kappa shape index (κ3) is 3.19. The zero-order valence-electron chi connectivity index (χ0n) is 5.25. The smallest absolute Gasteiger partial charge is 0.292 e. The summed E-state index contributed by atoms with van der Waals surface area (Å²) in [5, 5.41) is 16.7. The Kier molecular flexibility index (Phi) is 3.34. The Morgan fingerprint density at radius 3 is 2.10 bits per heavy atom. The van der Waals surface area contributed by atoms with Crippen molar-refractivity contribution in [3.63, 3.8) is 0 Å². The van der Waals surface area contributed by atoms with Crippen LogP contribution in [0.1, 0.15) is 0 Å². The van der Waals surface area contributed by atoms with Gasteiger partial charge in [-0.1, -0.05) is 0 Å². The molecule has 0 saturated carbocycles. The standard InChI is InChI=1S/C4H8F2O3S/c1-10(9)2-4(7,8)3(5)6/h3,7-8H,2H2,1H3. The first-order valence-corrected chi connectivity index (χ1v) is 4.12. The maximum absolute atomic E-state index is 11.5. The summed E-state index contributed by atoms with van der Waals surface area (Å²) in [6, 6.07) is 0. The Morgan fingerprint density at radius 2 is 2.00 bits per heavy atom. The van der Waals surface area contributed by atoms with Gasteiger partial charge >= 0.3 is 0 Å². The number of aliphatic hydroxyl groups is 2. The molecule has 0 heterocycles. The van der Waals surface area contributed by atoms with Gasteiger partial charge in [0.05, 0.1) is 5.75 Å². The number of alkyl halides is 2. The molecular weight excluding hydrogens is 166 g/mol. The molecule has 0 radical (unpaired) electrons. The van der Waals surface area contributed by atoms with Crippen LogP contribution in [0.25, 0.3) is 0 Å². The lowest BCUT2D eigenvalue weighted by atomic mass is 10.3. The van der Waals surface area contributed by atoms with Gasteiger partial charge in [0.25, 0.3) is 6.43 Å². The lowest BCUT2D eigenvalue weighted by Crippen LogP contribution is -2.42. The maximum atomic E-state index is 11.5. The molecule has 0 spiro atoms. The first-order valence-electron chi connectivity index (χ1n) is 2.39. The predicted molar refractivity (Wildman–Crippen MR) is 32.1 cm³/mol. The molecule has 0 aliphatic carbocycles. The minimum atomic E-state index is -3.28. The van der Waals surface area contributed by atoms with Gasteiger partial charge in [0.1, 0.15) is 0 Å². The lowest BCUT2D eigenvalue weighted by molar-refractivity contribution is -0.222. The molecule has 0 aromatic heterocycles. The van der Waals surface area contributed by atoms with Crippen molar-refractivity contribution < 1.29 is 23.2 Å². The predicted octanol–water partition coefficient (Wildman–Crippen LogP) is -0.689. The van der Waals surface area contributed by atoms with Crippen LogP contribution in [0.15, 0.2) is 0 Å². The van der Waals surface area contributed by atoms with Crippen molar-refractivity contribution in [1.29, 1.82) is 0 Å². The zero-order chi connectivity index (χ0) is 8.36. The molecule has 0 fully saturated rings. The molecule has 0 amide bonds. The van der Waals surface area contributed by atoms with Crippen LogP contribution in [0.2, 0.25) is 0 Å². The Balaban J connectivity index is 3.99. The molecular formula is C4H8F2O3S. The van der Waals surface area contributed by atoms with E-state index < -0.39 is 28.8 Å². The van der Waals surface area contributed by atoms with Gasteiger partial charge < -0.3 is 10.2 Å². The molecule has 3 nitrogen and oxygen atoms in total. The van der Waals surface area contributed by atoms with Gasteiger partial charge in [0, 0.05) is 17.1 Å². The molecule has 2 N–H and O–H groups in total. The second-order valence-electron chi connectivity index (χ2n) is 1.90. The average molecular weight is 174 g/mol. The van der Waals surface area contributed by atoms with E-state index in [1.54, 1.807) is 0 Å². The summed E-state index contributed by atoms with van der Waals surface area (Å²) in [4.78, 5) is 0. The quantitative estimate of drug-likeness (QED) is 0.557. The Bertz CT molecular complexity index is 136. The van der Waals surface area contributed by atoms with E-state index >= 15 is 0 Å². The highest BCUT2D eigenvalue weighted by Crippen LogP contribution is 2.12. The molecule has 0 rings (SSSR count). The van der Waals surface area contributed by atoms with E-state index in [0.29, 0.717) is 0 Å². The van der Waals surface area contributed by atoms with Crippen molar-refractivity contribution in [3.8, 4) is 0 Å². The summed E-state index contributed by atoms with van der Waals surface area (Å²) in [6.07, 6.45) is -2.17. The van der Waals surface area contributed by atoms with Gasteiger partial charge in [-0.05, 0) is 0 Å². The fourth-order valence-electron chi connectivity index (χ4n) is 0.362. The molecule has 10 heavy (non-hydrogen) atoms. The van der Waals surface area contributed by atoms with E-state index in [4.69, 9.17) is 10.2 Å². The maximum Gasteiger partial charge on any atom is 0.292 e. The van der Waals surface area contributed by atoms with Crippen LogP contribution >= 0.6 is 0 Å². The highest BCUT2D eigenvalue weighted by molar-refractivity contribution is 7.84. The van der Waals surface area contributed by atoms with Gasteiger partial charge in [-0.15, -0.1) is 0 Å².